The first kappa shape index (κ1) is 13.3. The average Bonchev–Trinajstić information content (AvgIpc) is 2.75. The number of likely N-dealkylation sites (tertiary alicyclic amines) is 1. The number of hydrogen-bond acceptors (Lipinski definition) is 3. The molecule has 0 aromatic carbocycles. The van der Waals surface area contributed by atoms with Gasteiger partial charge >= 0.3 is 0 Å². The predicted molar refractivity (Wildman–Crippen MR) is 79.3 cm³/mol. The van der Waals surface area contributed by atoms with Gasteiger partial charge < -0.3 is 10.6 Å². The van der Waals surface area contributed by atoms with Crippen LogP contribution in [-0.2, 0) is 0 Å². The minimum atomic E-state index is 0.145. The van der Waals surface area contributed by atoms with Crippen molar-refractivity contribution in [1.82, 2.24) is 4.90 Å². The Kier molecular flexibility index (Phi) is 4.43. The predicted octanol–water partition coefficient (Wildman–Crippen LogP) is 2.55. The van der Waals surface area contributed by atoms with Gasteiger partial charge in [-0.05, 0) is 47.4 Å². The average molecular weight is 364 g/mol. The van der Waals surface area contributed by atoms with Gasteiger partial charge in [-0.1, -0.05) is 6.92 Å². The van der Waals surface area contributed by atoms with Gasteiger partial charge in [0.2, 0.25) is 0 Å². The molecule has 0 aliphatic carbocycles. The second kappa shape index (κ2) is 5.67. The number of thiophene rings is 1. The van der Waals surface area contributed by atoms with E-state index in [1.165, 1.54) is 0 Å². The highest BCUT2D eigenvalue weighted by molar-refractivity contribution is 14.1. The molecule has 0 radical (unpaired) electrons. The minimum absolute atomic E-state index is 0.145. The summed E-state index contributed by atoms with van der Waals surface area (Å²) < 4.78 is 1.15. The molecule has 0 spiro atoms. The molecular weight excluding hydrogens is 347 g/mol. The van der Waals surface area contributed by atoms with E-state index in [2.05, 4.69) is 29.5 Å². The van der Waals surface area contributed by atoms with Crippen LogP contribution in [0.5, 0.6) is 0 Å². The number of rotatable bonds is 2. The van der Waals surface area contributed by atoms with Gasteiger partial charge in [-0.15, -0.1) is 11.3 Å². The number of hydrogen-bond donors (Lipinski definition) is 1. The van der Waals surface area contributed by atoms with E-state index in [1.54, 1.807) is 11.3 Å². The van der Waals surface area contributed by atoms with Crippen LogP contribution < -0.4 is 5.73 Å². The van der Waals surface area contributed by atoms with E-state index in [9.17, 15) is 4.79 Å². The standard InChI is InChI=1S/C12H17IN2OS/c1-8-2-3-15(10(4-8)6-14)12(16)9-5-11(13)17-7-9/h5,7-8,10H,2-4,6,14H2,1H3. The second-order valence-electron chi connectivity index (χ2n) is 4.66. The molecule has 2 N–H and O–H groups in total. The first-order valence-corrected chi connectivity index (χ1v) is 7.82. The maximum absolute atomic E-state index is 12.4. The maximum atomic E-state index is 12.4. The molecule has 1 saturated heterocycles. The Labute approximate surface area is 120 Å². The SMILES string of the molecule is CC1CCN(C(=O)c2csc(I)c2)C(CN)C1. The molecule has 1 aromatic rings. The van der Waals surface area contributed by atoms with Crippen molar-refractivity contribution >= 4 is 39.8 Å². The maximum Gasteiger partial charge on any atom is 0.255 e. The van der Waals surface area contributed by atoms with Crippen molar-refractivity contribution in [2.75, 3.05) is 13.1 Å². The van der Waals surface area contributed by atoms with Crippen molar-refractivity contribution in [2.45, 2.75) is 25.8 Å². The van der Waals surface area contributed by atoms with Gasteiger partial charge in [-0.2, -0.15) is 0 Å². The van der Waals surface area contributed by atoms with E-state index in [0.717, 1.165) is 27.8 Å². The highest BCUT2D eigenvalue weighted by atomic mass is 127. The van der Waals surface area contributed by atoms with Crippen molar-refractivity contribution < 1.29 is 4.79 Å². The Morgan fingerprint density at radius 1 is 1.71 bits per heavy atom. The number of amides is 1. The molecule has 1 amide bonds. The van der Waals surface area contributed by atoms with Crippen molar-refractivity contribution in [3.05, 3.63) is 19.9 Å². The number of halogens is 1. The van der Waals surface area contributed by atoms with E-state index in [-0.39, 0.29) is 11.9 Å². The molecule has 1 aliphatic heterocycles. The summed E-state index contributed by atoms with van der Waals surface area (Å²) in [5.74, 6) is 0.821. The fourth-order valence-electron chi connectivity index (χ4n) is 2.33. The lowest BCUT2D eigenvalue weighted by molar-refractivity contribution is 0.0574. The minimum Gasteiger partial charge on any atom is -0.334 e. The zero-order valence-corrected chi connectivity index (χ0v) is 12.8. The topological polar surface area (TPSA) is 46.3 Å². The van der Waals surface area contributed by atoms with Crippen molar-refractivity contribution in [2.24, 2.45) is 11.7 Å². The first-order chi connectivity index (χ1) is 8.11. The van der Waals surface area contributed by atoms with Gasteiger partial charge in [0.05, 0.1) is 8.45 Å². The monoisotopic (exact) mass is 364 g/mol. The molecule has 5 heteroatoms. The Bertz CT molecular complexity index is 407. The van der Waals surface area contributed by atoms with Gasteiger partial charge in [0.1, 0.15) is 0 Å². The lowest BCUT2D eigenvalue weighted by Gasteiger charge is -2.37. The molecule has 2 atom stereocenters. The van der Waals surface area contributed by atoms with Crippen LogP contribution in [0.15, 0.2) is 11.4 Å². The van der Waals surface area contributed by atoms with Crippen molar-refractivity contribution in [1.29, 1.82) is 0 Å². The number of nitrogens with zero attached hydrogens (tertiary/aromatic N) is 1. The molecule has 17 heavy (non-hydrogen) atoms. The Balaban J connectivity index is 2.13. The molecular formula is C12H17IN2OS. The van der Waals surface area contributed by atoms with Crippen LogP contribution in [0.4, 0.5) is 0 Å². The third-order valence-corrected chi connectivity index (χ3v) is 5.11. The molecule has 1 aromatic heterocycles. The molecule has 3 nitrogen and oxygen atoms in total. The molecule has 1 fully saturated rings. The summed E-state index contributed by atoms with van der Waals surface area (Å²) in [6, 6.07) is 2.17. The normalized spacial score (nSPS) is 25.0. The van der Waals surface area contributed by atoms with Crippen LogP contribution >= 0.6 is 33.9 Å². The smallest absolute Gasteiger partial charge is 0.255 e. The van der Waals surface area contributed by atoms with E-state index in [0.29, 0.717) is 12.5 Å². The highest BCUT2D eigenvalue weighted by Gasteiger charge is 2.29. The fourth-order valence-corrected chi connectivity index (χ4v) is 3.65. The number of carbonyl (C=O) groups is 1. The fraction of sp³-hybridized carbons (Fsp3) is 0.583. The van der Waals surface area contributed by atoms with Crippen molar-refractivity contribution in [3.63, 3.8) is 0 Å². The summed E-state index contributed by atoms with van der Waals surface area (Å²) in [6.45, 7) is 3.64. The molecule has 1 aliphatic rings. The third kappa shape index (κ3) is 3.00. The third-order valence-electron chi connectivity index (χ3n) is 3.33. The zero-order chi connectivity index (χ0) is 12.4. The van der Waals surface area contributed by atoms with E-state index < -0.39 is 0 Å². The molecule has 0 bridgehead atoms. The summed E-state index contributed by atoms with van der Waals surface area (Å²) in [4.78, 5) is 14.3. The lowest BCUT2D eigenvalue weighted by Crippen LogP contribution is -2.49. The lowest BCUT2D eigenvalue weighted by atomic mass is 9.92. The Morgan fingerprint density at radius 2 is 2.47 bits per heavy atom. The molecule has 94 valence electrons. The number of nitrogens with two attached hydrogens (primary N) is 1. The second-order valence-corrected chi connectivity index (χ2v) is 7.46. The zero-order valence-electron chi connectivity index (χ0n) is 9.86. The molecule has 0 saturated carbocycles. The van der Waals surface area contributed by atoms with Crippen LogP contribution in [-0.4, -0.2) is 29.9 Å². The van der Waals surface area contributed by atoms with E-state index in [4.69, 9.17) is 5.73 Å². The molecule has 2 rings (SSSR count). The summed E-state index contributed by atoms with van der Waals surface area (Å²) >= 11 is 3.86. The summed E-state index contributed by atoms with van der Waals surface area (Å²) in [7, 11) is 0. The van der Waals surface area contributed by atoms with Crippen LogP contribution in [0, 0.1) is 8.80 Å². The summed E-state index contributed by atoms with van der Waals surface area (Å²) in [5, 5.41) is 1.94. The van der Waals surface area contributed by atoms with Gasteiger partial charge in [0.25, 0.3) is 5.91 Å². The summed E-state index contributed by atoms with van der Waals surface area (Å²) in [5.41, 5.74) is 6.60. The van der Waals surface area contributed by atoms with Crippen LogP contribution in [0.1, 0.15) is 30.1 Å². The first-order valence-electron chi connectivity index (χ1n) is 5.87. The largest absolute Gasteiger partial charge is 0.334 e. The molecule has 2 heterocycles. The molecule has 2 unspecified atom stereocenters. The highest BCUT2D eigenvalue weighted by Crippen LogP contribution is 2.25. The van der Waals surface area contributed by atoms with Crippen LogP contribution in [0.2, 0.25) is 0 Å². The van der Waals surface area contributed by atoms with E-state index >= 15 is 0 Å². The van der Waals surface area contributed by atoms with Crippen LogP contribution in [0.25, 0.3) is 0 Å². The van der Waals surface area contributed by atoms with Crippen molar-refractivity contribution in [3.8, 4) is 0 Å². The Morgan fingerprint density at radius 3 is 3.06 bits per heavy atom. The van der Waals surface area contributed by atoms with Gasteiger partial charge in [0, 0.05) is 24.5 Å². The number of piperidine rings is 1. The van der Waals surface area contributed by atoms with Gasteiger partial charge in [-0.25, -0.2) is 0 Å². The summed E-state index contributed by atoms with van der Waals surface area (Å²) in [6.07, 6.45) is 2.12. The quantitative estimate of drug-likeness (QED) is 0.820. The van der Waals surface area contributed by atoms with Gasteiger partial charge in [0.15, 0.2) is 0 Å². The number of carbonyl (C=O) groups excluding carboxylic acids is 1. The Hall–Kier alpha value is -0.140. The van der Waals surface area contributed by atoms with E-state index in [1.807, 2.05) is 16.3 Å². The van der Waals surface area contributed by atoms with Crippen LogP contribution in [0.3, 0.4) is 0 Å². The van der Waals surface area contributed by atoms with Gasteiger partial charge in [-0.3, -0.25) is 4.79 Å².